The molecule has 184 valence electrons. The van der Waals surface area contributed by atoms with Gasteiger partial charge in [0.05, 0.1) is 13.2 Å². The fraction of sp³-hybridized carbons (Fsp3) is 0.370. The number of rotatable bonds is 10. The van der Waals surface area contributed by atoms with Crippen LogP contribution in [0.15, 0.2) is 60.9 Å². The smallest absolute Gasteiger partial charge is 0.224 e. The first-order chi connectivity index (χ1) is 17.2. The van der Waals surface area contributed by atoms with Gasteiger partial charge in [0, 0.05) is 31.6 Å². The van der Waals surface area contributed by atoms with Crippen LogP contribution in [0, 0.1) is 5.92 Å². The van der Waals surface area contributed by atoms with Crippen LogP contribution in [-0.4, -0.2) is 42.2 Å². The van der Waals surface area contributed by atoms with Crippen LogP contribution in [-0.2, 0) is 11.3 Å². The number of carbonyl (C=O) groups excluding carboxylic acids is 1. The third kappa shape index (κ3) is 6.62. The summed E-state index contributed by atoms with van der Waals surface area (Å²) in [7, 11) is 0. The number of nitrogens with zero attached hydrogens (tertiary/aromatic N) is 3. The fourth-order valence-corrected chi connectivity index (χ4v) is 4.08. The quantitative estimate of drug-likeness (QED) is 0.458. The van der Waals surface area contributed by atoms with E-state index < -0.39 is 0 Å². The molecular formula is C27H32N4O4. The second-order valence-corrected chi connectivity index (χ2v) is 8.26. The van der Waals surface area contributed by atoms with Gasteiger partial charge in [-0.25, -0.2) is 9.97 Å². The predicted octanol–water partition coefficient (Wildman–Crippen LogP) is 4.60. The zero-order valence-electron chi connectivity index (χ0n) is 20.3. The minimum Gasteiger partial charge on any atom is -0.490 e. The molecule has 0 unspecified atom stereocenters. The first-order valence-corrected chi connectivity index (χ1v) is 12.1. The standard InChI is InChI=1S/C27H32N4O4/c1-3-33-23-11-10-20(16-24(23)34-4-2)18-28-27(32)21-12-14-31(15-13-21)25-17-26(30-19-29-25)35-22-8-6-5-7-9-22/h5-11,16-17,19,21H,3-4,12-15,18H2,1-2H3,(H,28,32). The Bertz CT molecular complexity index is 1100. The van der Waals surface area contributed by atoms with Crippen molar-refractivity contribution in [3.8, 4) is 23.1 Å². The summed E-state index contributed by atoms with van der Waals surface area (Å²) in [6.45, 7) is 6.96. The minimum atomic E-state index is -0.0258. The summed E-state index contributed by atoms with van der Waals surface area (Å²) in [4.78, 5) is 23.6. The van der Waals surface area contributed by atoms with Crippen molar-refractivity contribution < 1.29 is 19.0 Å². The summed E-state index contributed by atoms with van der Waals surface area (Å²) in [5.74, 6) is 3.52. The summed E-state index contributed by atoms with van der Waals surface area (Å²) < 4.78 is 17.1. The molecule has 1 N–H and O–H groups in total. The first kappa shape index (κ1) is 24.3. The topological polar surface area (TPSA) is 85.8 Å². The first-order valence-electron chi connectivity index (χ1n) is 12.1. The second-order valence-electron chi connectivity index (χ2n) is 8.26. The van der Waals surface area contributed by atoms with Crippen molar-refractivity contribution in [2.24, 2.45) is 5.92 Å². The van der Waals surface area contributed by atoms with Gasteiger partial charge in [-0.3, -0.25) is 4.79 Å². The van der Waals surface area contributed by atoms with Crippen LogP contribution in [0.4, 0.5) is 5.82 Å². The number of benzene rings is 2. The van der Waals surface area contributed by atoms with E-state index in [1.54, 1.807) is 0 Å². The third-order valence-electron chi connectivity index (χ3n) is 5.86. The highest BCUT2D eigenvalue weighted by atomic mass is 16.5. The summed E-state index contributed by atoms with van der Waals surface area (Å²) in [6.07, 6.45) is 3.04. The van der Waals surface area contributed by atoms with Crippen LogP contribution in [0.1, 0.15) is 32.3 Å². The lowest BCUT2D eigenvalue weighted by Crippen LogP contribution is -2.40. The number of hydrogen-bond acceptors (Lipinski definition) is 7. The summed E-state index contributed by atoms with van der Waals surface area (Å²) in [6, 6.07) is 17.2. The van der Waals surface area contributed by atoms with Crippen LogP contribution in [0.25, 0.3) is 0 Å². The molecule has 4 rings (SSSR count). The van der Waals surface area contributed by atoms with Crippen molar-refractivity contribution in [3.05, 3.63) is 66.5 Å². The highest BCUT2D eigenvalue weighted by molar-refractivity contribution is 5.79. The Morgan fingerprint density at radius 3 is 2.46 bits per heavy atom. The van der Waals surface area contributed by atoms with Gasteiger partial charge >= 0.3 is 0 Å². The molecule has 1 aliphatic heterocycles. The minimum absolute atomic E-state index is 0.0258. The molecule has 0 saturated carbocycles. The van der Waals surface area contributed by atoms with E-state index in [-0.39, 0.29) is 11.8 Å². The van der Waals surface area contributed by atoms with E-state index >= 15 is 0 Å². The van der Waals surface area contributed by atoms with Gasteiger partial charge in [-0.2, -0.15) is 0 Å². The van der Waals surface area contributed by atoms with Crippen molar-refractivity contribution in [3.63, 3.8) is 0 Å². The Morgan fingerprint density at radius 1 is 0.971 bits per heavy atom. The number of aromatic nitrogens is 2. The summed E-state index contributed by atoms with van der Waals surface area (Å²) in [5, 5.41) is 3.08. The van der Waals surface area contributed by atoms with Gasteiger partial charge in [-0.05, 0) is 56.5 Å². The van der Waals surface area contributed by atoms with Gasteiger partial charge in [0.25, 0.3) is 0 Å². The largest absolute Gasteiger partial charge is 0.490 e. The van der Waals surface area contributed by atoms with Crippen molar-refractivity contribution in [1.29, 1.82) is 0 Å². The Morgan fingerprint density at radius 2 is 1.71 bits per heavy atom. The number of hydrogen-bond donors (Lipinski definition) is 1. The molecule has 0 atom stereocenters. The zero-order chi connectivity index (χ0) is 24.5. The van der Waals surface area contributed by atoms with Crippen LogP contribution >= 0.6 is 0 Å². The average Bonchev–Trinajstić information content (AvgIpc) is 2.90. The molecule has 1 fully saturated rings. The third-order valence-corrected chi connectivity index (χ3v) is 5.86. The second kappa shape index (κ2) is 12.1. The number of anilines is 1. The molecule has 1 saturated heterocycles. The van der Waals surface area contributed by atoms with Crippen molar-refractivity contribution in [2.45, 2.75) is 33.2 Å². The van der Waals surface area contributed by atoms with E-state index in [4.69, 9.17) is 14.2 Å². The van der Waals surface area contributed by atoms with Crippen molar-refractivity contribution in [2.75, 3.05) is 31.2 Å². The molecule has 0 spiro atoms. The van der Waals surface area contributed by atoms with Gasteiger partial charge < -0.3 is 24.4 Å². The lowest BCUT2D eigenvalue weighted by atomic mass is 9.96. The maximum absolute atomic E-state index is 12.8. The number of ether oxygens (including phenoxy) is 3. The number of amides is 1. The predicted molar refractivity (Wildman–Crippen MR) is 134 cm³/mol. The van der Waals surface area contributed by atoms with E-state index in [9.17, 15) is 4.79 Å². The molecule has 1 amide bonds. The highest BCUT2D eigenvalue weighted by Crippen LogP contribution is 2.29. The van der Waals surface area contributed by atoms with Gasteiger partial charge in [0.2, 0.25) is 11.8 Å². The molecule has 8 nitrogen and oxygen atoms in total. The Hall–Kier alpha value is -3.81. The number of nitrogens with one attached hydrogen (secondary N) is 1. The van der Waals surface area contributed by atoms with Crippen molar-refractivity contribution in [1.82, 2.24) is 15.3 Å². The number of para-hydroxylation sites is 1. The van der Waals surface area contributed by atoms with Crippen LogP contribution < -0.4 is 24.4 Å². The molecule has 8 heteroatoms. The molecule has 0 aliphatic carbocycles. The molecular weight excluding hydrogens is 444 g/mol. The molecule has 2 heterocycles. The Kier molecular flexibility index (Phi) is 8.38. The molecule has 35 heavy (non-hydrogen) atoms. The fourth-order valence-electron chi connectivity index (χ4n) is 4.08. The summed E-state index contributed by atoms with van der Waals surface area (Å²) >= 11 is 0. The zero-order valence-corrected chi connectivity index (χ0v) is 20.3. The lowest BCUT2D eigenvalue weighted by Gasteiger charge is -2.32. The van der Waals surface area contributed by atoms with Gasteiger partial charge in [-0.1, -0.05) is 24.3 Å². The van der Waals surface area contributed by atoms with Crippen LogP contribution in [0.2, 0.25) is 0 Å². The Labute approximate surface area is 206 Å². The molecule has 1 aliphatic rings. The monoisotopic (exact) mass is 476 g/mol. The lowest BCUT2D eigenvalue weighted by molar-refractivity contribution is -0.125. The maximum Gasteiger partial charge on any atom is 0.224 e. The van der Waals surface area contributed by atoms with Gasteiger partial charge in [-0.15, -0.1) is 0 Å². The number of carbonyl (C=O) groups is 1. The average molecular weight is 477 g/mol. The molecule has 0 bridgehead atoms. The molecule has 3 aromatic rings. The summed E-state index contributed by atoms with van der Waals surface area (Å²) in [5.41, 5.74) is 0.981. The van der Waals surface area contributed by atoms with Crippen molar-refractivity contribution >= 4 is 11.7 Å². The Balaban J connectivity index is 1.28. The molecule has 0 radical (unpaired) electrons. The SMILES string of the molecule is CCOc1ccc(CNC(=O)C2CCN(c3cc(Oc4ccccc4)ncn3)CC2)cc1OCC. The van der Waals surface area contributed by atoms with E-state index in [0.29, 0.717) is 31.4 Å². The van der Waals surface area contributed by atoms with E-state index in [0.717, 1.165) is 48.8 Å². The van der Waals surface area contributed by atoms with Crippen LogP contribution in [0.3, 0.4) is 0 Å². The van der Waals surface area contributed by atoms with E-state index in [1.807, 2.05) is 68.4 Å². The molecule has 2 aromatic carbocycles. The van der Waals surface area contributed by atoms with Crippen LogP contribution in [0.5, 0.6) is 23.1 Å². The highest BCUT2D eigenvalue weighted by Gasteiger charge is 2.26. The molecule has 1 aromatic heterocycles. The van der Waals surface area contributed by atoms with E-state index in [1.165, 1.54) is 6.33 Å². The maximum atomic E-state index is 12.8. The van der Waals surface area contributed by atoms with Gasteiger partial charge in [0.1, 0.15) is 17.9 Å². The van der Waals surface area contributed by atoms with E-state index in [2.05, 4.69) is 20.2 Å². The number of piperidine rings is 1. The normalized spacial score (nSPS) is 13.8. The van der Waals surface area contributed by atoms with Gasteiger partial charge in [0.15, 0.2) is 11.5 Å².